The van der Waals surface area contributed by atoms with Gasteiger partial charge in [-0.3, -0.25) is 4.57 Å². The van der Waals surface area contributed by atoms with Gasteiger partial charge in [0.05, 0.1) is 0 Å². The molecule has 4 heteroatoms. The Morgan fingerprint density at radius 2 is 2.00 bits per heavy atom. The van der Waals surface area contributed by atoms with Crippen molar-refractivity contribution in [3.8, 4) is 5.69 Å². The molecule has 2 rings (SSSR count). The van der Waals surface area contributed by atoms with Gasteiger partial charge in [0.1, 0.15) is 12.7 Å². The first kappa shape index (κ1) is 8.44. The number of benzene rings is 1. The molecule has 1 heterocycles. The second-order valence-electron chi connectivity index (χ2n) is 2.67. The van der Waals surface area contributed by atoms with E-state index in [9.17, 15) is 0 Å². The molecule has 0 bridgehead atoms. The summed E-state index contributed by atoms with van der Waals surface area (Å²) in [7, 11) is 0. The average Bonchev–Trinajstić information content (AvgIpc) is 2.71. The number of aromatic nitrogens is 3. The minimum absolute atomic E-state index is 0.864. The molecule has 0 radical (unpaired) electrons. The summed E-state index contributed by atoms with van der Waals surface area (Å²) in [5, 5.41) is 8.37. The molecule has 1 aromatic carbocycles. The fourth-order valence-electron chi connectivity index (χ4n) is 1.13. The van der Waals surface area contributed by atoms with Gasteiger partial charge in [-0.25, -0.2) is 0 Å². The normalized spacial score (nSPS) is 10.2. The standard InChI is InChI=1S/C9H8BrN3/c10-5-8-2-1-3-9(4-8)13-6-11-12-7-13/h1-4,6-7H,5H2. The summed E-state index contributed by atoms with van der Waals surface area (Å²) >= 11 is 3.41. The monoisotopic (exact) mass is 237 g/mol. The van der Waals surface area contributed by atoms with Gasteiger partial charge in [0.25, 0.3) is 0 Å². The van der Waals surface area contributed by atoms with E-state index in [-0.39, 0.29) is 0 Å². The molecule has 0 aliphatic heterocycles. The third-order valence-electron chi connectivity index (χ3n) is 1.78. The van der Waals surface area contributed by atoms with Crippen molar-refractivity contribution >= 4 is 15.9 Å². The molecule has 1 aromatic heterocycles. The lowest BCUT2D eigenvalue weighted by Crippen LogP contribution is -1.90. The maximum Gasteiger partial charge on any atom is 0.123 e. The summed E-state index contributed by atoms with van der Waals surface area (Å²) in [4.78, 5) is 0. The van der Waals surface area contributed by atoms with Crippen LogP contribution in [0.5, 0.6) is 0 Å². The Bertz CT molecular complexity index is 384. The predicted octanol–water partition coefficient (Wildman–Crippen LogP) is 2.16. The van der Waals surface area contributed by atoms with Gasteiger partial charge >= 0.3 is 0 Å². The number of rotatable bonds is 2. The molecular weight excluding hydrogens is 230 g/mol. The molecule has 0 saturated carbocycles. The van der Waals surface area contributed by atoms with Crippen molar-refractivity contribution in [2.45, 2.75) is 5.33 Å². The number of hydrogen-bond donors (Lipinski definition) is 0. The Morgan fingerprint density at radius 1 is 1.23 bits per heavy atom. The molecule has 0 N–H and O–H groups in total. The minimum atomic E-state index is 0.864. The van der Waals surface area contributed by atoms with E-state index < -0.39 is 0 Å². The lowest BCUT2D eigenvalue weighted by atomic mass is 10.2. The van der Waals surface area contributed by atoms with E-state index in [0.29, 0.717) is 0 Å². The van der Waals surface area contributed by atoms with Crippen molar-refractivity contribution < 1.29 is 0 Å². The van der Waals surface area contributed by atoms with E-state index in [1.54, 1.807) is 12.7 Å². The van der Waals surface area contributed by atoms with Gasteiger partial charge in [0, 0.05) is 11.0 Å². The molecule has 0 fully saturated rings. The summed E-state index contributed by atoms with van der Waals surface area (Å²) < 4.78 is 1.88. The van der Waals surface area contributed by atoms with Gasteiger partial charge in [0.15, 0.2) is 0 Å². The summed E-state index contributed by atoms with van der Waals surface area (Å²) in [5.74, 6) is 0. The highest BCUT2D eigenvalue weighted by Gasteiger charge is 1.96. The number of halogens is 1. The maximum absolute atomic E-state index is 3.76. The zero-order valence-electron chi connectivity index (χ0n) is 6.89. The molecule has 13 heavy (non-hydrogen) atoms. The van der Waals surface area contributed by atoms with Crippen molar-refractivity contribution in [1.82, 2.24) is 14.8 Å². The molecule has 2 aromatic rings. The third kappa shape index (κ3) is 1.78. The van der Waals surface area contributed by atoms with Crippen molar-refractivity contribution in [2.24, 2.45) is 0 Å². The molecule has 0 aliphatic rings. The molecule has 0 spiro atoms. The van der Waals surface area contributed by atoms with Crippen LogP contribution in [0.15, 0.2) is 36.9 Å². The minimum Gasteiger partial charge on any atom is -0.288 e. The second kappa shape index (κ2) is 3.70. The van der Waals surface area contributed by atoms with Crippen LogP contribution >= 0.6 is 15.9 Å². The predicted molar refractivity (Wildman–Crippen MR) is 54.0 cm³/mol. The fraction of sp³-hybridized carbons (Fsp3) is 0.111. The maximum atomic E-state index is 3.76. The highest BCUT2D eigenvalue weighted by molar-refractivity contribution is 9.08. The van der Waals surface area contributed by atoms with E-state index in [4.69, 9.17) is 0 Å². The van der Waals surface area contributed by atoms with Gasteiger partial charge in [-0.2, -0.15) is 0 Å². The molecule has 3 nitrogen and oxygen atoms in total. The van der Waals surface area contributed by atoms with Gasteiger partial charge in [-0.15, -0.1) is 10.2 Å². The fourth-order valence-corrected chi connectivity index (χ4v) is 1.48. The van der Waals surface area contributed by atoms with Crippen molar-refractivity contribution in [2.75, 3.05) is 0 Å². The van der Waals surface area contributed by atoms with Crippen molar-refractivity contribution in [3.05, 3.63) is 42.5 Å². The number of alkyl halides is 1. The summed E-state index contributed by atoms with van der Waals surface area (Å²) in [6, 6.07) is 8.21. The Labute approximate surface area is 84.5 Å². The van der Waals surface area contributed by atoms with Crippen LogP contribution in [0.4, 0.5) is 0 Å². The summed E-state index contributed by atoms with van der Waals surface area (Å²) in [6.45, 7) is 0. The second-order valence-corrected chi connectivity index (χ2v) is 3.23. The first-order valence-electron chi connectivity index (χ1n) is 3.90. The SMILES string of the molecule is BrCc1cccc(-n2cnnc2)c1. The topological polar surface area (TPSA) is 30.7 Å². The van der Waals surface area contributed by atoms with E-state index in [1.807, 2.05) is 16.7 Å². The van der Waals surface area contributed by atoms with E-state index in [2.05, 4.69) is 38.3 Å². The Hall–Kier alpha value is -1.16. The number of nitrogens with zero attached hydrogens (tertiary/aromatic N) is 3. The molecule has 0 unspecified atom stereocenters. The molecule has 66 valence electrons. The van der Waals surface area contributed by atoms with Crippen LogP contribution in [0.3, 0.4) is 0 Å². The Balaban J connectivity index is 2.41. The molecular formula is C9H8BrN3. The molecule has 0 amide bonds. The third-order valence-corrected chi connectivity index (χ3v) is 2.43. The van der Waals surface area contributed by atoms with Crippen molar-refractivity contribution in [3.63, 3.8) is 0 Å². The zero-order valence-corrected chi connectivity index (χ0v) is 8.48. The quantitative estimate of drug-likeness (QED) is 0.750. The average molecular weight is 238 g/mol. The van der Waals surface area contributed by atoms with Gasteiger partial charge in [-0.1, -0.05) is 28.1 Å². The highest BCUT2D eigenvalue weighted by Crippen LogP contribution is 2.11. The van der Waals surface area contributed by atoms with Crippen LogP contribution in [0.1, 0.15) is 5.56 Å². The first-order valence-corrected chi connectivity index (χ1v) is 5.02. The largest absolute Gasteiger partial charge is 0.288 e. The smallest absolute Gasteiger partial charge is 0.123 e. The van der Waals surface area contributed by atoms with E-state index in [1.165, 1.54) is 5.56 Å². The van der Waals surface area contributed by atoms with Gasteiger partial charge in [-0.05, 0) is 17.7 Å². The highest BCUT2D eigenvalue weighted by atomic mass is 79.9. The van der Waals surface area contributed by atoms with Crippen LogP contribution in [0, 0.1) is 0 Å². The van der Waals surface area contributed by atoms with Gasteiger partial charge < -0.3 is 0 Å². The lowest BCUT2D eigenvalue weighted by Gasteiger charge is -2.01. The van der Waals surface area contributed by atoms with Crippen LogP contribution in [-0.4, -0.2) is 14.8 Å². The van der Waals surface area contributed by atoms with Crippen LogP contribution < -0.4 is 0 Å². The molecule has 0 aliphatic carbocycles. The summed E-state index contributed by atoms with van der Waals surface area (Å²) in [6.07, 6.45) is 3.38. The lowest BCUT2D eigenvalue weighted by molar-refractivity contribution is 1.05. The van der Waals surface area contributed by atoms with E-state index >= 15 is 0 Å². The van der Waals surface area contributed by atoms with Crippen molar-refractivity contribution in [1.29, 1.82) is 0 Å². The zero-order chi connectivity index (χ0) is 9.10. The molecule has 0 saturated heterocycles. The van der Waals surface area contributed by atoms with Gasteiger partial charge in [0.2, 0.25) is 0 Å². The molecule has 0 atom stereocenters. The van der Waals surface area contributed by atoms with Crippen LogP contribution in [-0.2, 0) is 5.33 Å². The van der Waals surface area contributed by atoms with E-state index in [0.717, 1.165) is 11.0 Å². The number of hydrogen-bond acceptors (Lipinski definition) is 2. The van der Waals surface area contributed by atoms with Crippen LogP contribution in [0.2, 0.25) is 0 Å². The van der Waals surface area contributed by atoms with Crippen LogP contribution in [0.25, 0.3) is 5.69 Å². The Morgan fingerprint density at radius 3 is 2.69 bits per heavy atom. The Kier molecular flexibility index (Phi) is 2.40. The first-order chi connectivity index (χ1) is 6.40. The summed E-state index contributed by atoms with van der Waals surface area (Å²) in [5.41, 5.74) is 2.33.